The van der Waals surface area contributed by atoms with Gasteiger partial charge in [-0.1, -0.05) is 0 Å². The third-order valence-corrected chi connectivity index (χ3v) is 7.02. The molecule has 0 aromatic carbocycles. The smallest absolute Gasteiger partial charge is 0.156 e. The molecule has 2 fully saturated rings. The van der Waals surface area contributed by atoms with Crippen LogP contribution in [0.5, 0.6) is 0 Å². The van der Waals surface area contributed by atoms with Crippen LogP contribution in [0.4, 0.5) is 5.69 Å². The zero-order valence-corrected chi connectivity index (χ0v) is 16.8. The number of aromatic nitrogens is 3. The van der Waals surface area contributed by atoms with Crippen LogP contribution in [0.1, 0.15) is 47.9 Å². The van der Waals surface area contributed by atoms with E-state index in [2.05, 4.69) is 46.5 Å². The summed E-state index contributed by atoms with van der Waals surface area (Å²) < 4.78 is 1.99. The van der Waals surface area contributed by atoms with Gasteiger partial charge < -0.3 is 4.90 Å². The molecule has 0 spiro atoms. The van der Waals surface area contributed by atoms with E-state index in [0.29, 0.717) is 5.92 Å². The molecule has 2 aliphatic heterocycles. The maximum atomic E-state index is 4.87. The van der Waals surface area contributed by atoms with Gasteiger partial charge >= 0.3 is 0 Å². The van der Waals surface area contributed by atoms with Crippen molar-refractivity contribution >= 4 is 22.7 Å². The predicted octanol–water partition coefficient (Wildman–Crippen LogP) is 4.08. The highest BCUT2D eigenvalue weighted by atomic mass is 32.1. The normalized spacial score (nSPS) is 21.4. The van der Waals surface area contributed by atoms with Crippen molar-refractivity contribution in [1.29, 1.82) is 0 Å². The number of fused-ring (bicyclic) bond motifs is 1. The largest absolute Gasteiger partial charge is 0.370 e. The molecular weight excluding hydrogens is 354 g/mol. The molecule has 2 saturated heterocycles. The minimum atomic E-state index is 0.439. The molecule has 5 rings (SSSR count). The maximum Gasteiger partial charge on any atom is 0.156 e. The summed E-state index contributed by atoms with van der Waals surface area (Å²) in [7, 11) is 0. The molecule has 0 radical (unpaired) electrons. The highest BCUT2D eigenvalue weighted by Gasteiger charge is 2.25. The third-order valence-electron chi connectivity index (χ3n) is 6.01. The van der Waals surface area contributed by atoms with Crippen LogP contribution >= 0.6 is 11.3 Å². The second-order valence-corrected chi connectivity index (χ2v) is 8.96. The van der Waals surface area contributed by atoms with Gasteiger partial charge in [0.25, 0.3) is 0 Å². The summed E-state index contributed by atoms with van der Waals surface area (Å²) in [5.41, 5.74) is 3.66. The Morgan fingerprint density at radius 3 is 2.81 bits per heavy atom. The Morgan fingerprint density at radius 1 is 1.11 bits per heavy atom. The molecule has 5 heterocycles. The van der Waals surface area contributed by atoms with Crippen molar-refractivity contribution in [2.75, 3.05) is 31.1 Å². The topological polar surface area (TPSA) is 36.7 Å². The number of anilines is 1. The van der Waals surface area contributed by atoms with Gasteiger partial charge in [-0.25, -0.2) is 9.50 Å². The van der Waals surface area contributed by atoms with E-state index in [1.54, 1.807) is 0 Å². The van der Waals surface area contributed by atoms with Crippen molar-refractivity contribution in [3.63, 3.8) is 0 Å². The lowest BCUT2D eigenvalue weighted by Gasteiger charge is -2.31. The minimum absolute atomic E-state index is 0.439. The molecule has 0 bridgehead atoms. The van der Waals surface area contributed by atoms with Crippen LogP contribution in [0.3, 0.4) is 0 Å². The van der Waals surface area contributed by atoms with Gasteiger partial charge in [-0.05, 0) is 68.3 Å². The number of pyridine rings is 1. The van der Waals surface area contributed by atoms with Gasteiger partial charge in [0.1, 0.15) is 0 Å². The van der Waals surface area contributed by atoms with E-state index in [4.69, 9.17) is 10.1 Å². The van der Waals surface area contributed by atoms with E-state index in [1.165, 1.54) is 48.4 Å². The molecule has 27 heavy (non-hydrogen) atoms. The van der Waals surface area contributed by atoms with Gasteiger partial charge in [-0.2, -0.15) is 5.10 Å². The lowest BCUT2D eigenvalue weighted by molar-refractivity contribution is 0.198. The van der Waals surface area contributed by atoms with E-state index >= 15 is 0 Å². The molecule has 0 saturated carbocycles. The number of rotatable bonds is 4. The molecule has 0 N–H and O–H groups in total. The quantitative estimate of drug-likeness (QED) is 0.682. The Morgan fingerprint density at radius 2 is 2.00 bits per heavy atom. The summed E-state index contributed by atoms with van der Waals surface area (Å²) in [4.78, 5) is 11.4. The lowest BCUT2D eigenvalue weighted by Crippen LogP contribution is -2.34. The van der Waals surface area contributed by atoms with Crippen LogP contribution in [0, 0.1) is 6.92 Å². The fourth-order valence-electron chi connectivity index (χ4n) is 4.40. The van der Waals surface area contributed by atoms with Crippen molar-refractivity contribution in [1.82, 2.24) is 19.5 Å². The number of aryl methyl sites for hydroxylation is 1. The number of thiophene rings is 1. The van der Waals surface area contributed by atoms with Crippen LogP contribution in [-0.4, -0.2) is 45.7 Å². The summed E-state index contributed by atoms with van der Waals surface area (Å²) >= 11 is 1.88. The minimum Gasteiger partial charge on any atom is -0.370 e. The molecule has 3 aromatic rings. The Hall–Kier alpha value is -1.92. The molecule has 2 aliphatic rings. The highest BCUT2D eigenvalue weighted by Crippen LogP contribution is 2.28. The van der Waals surface area contributed by atoms with E-state index < -0.39 is 0 Å². The highest BCUT2D eigenvalue weighted by molar-refractivity contribution is 7.10. The predicted molar refractivity (Wildman–Crippen MR) is 111 cm³/mol. The number of nitrogens with zero attached hydrogens (tertiary/aromatic N) is 5. The Labute approximate surface area is 164 Å². The number of hydrogen-bond donors (Lipinski definition) is 0. The van der Waals surface area contributed by atoms with Crippen molar-refractivity contribution in [2.45, 2.75) is 45.1 Å². The van der Waals surface area contributed by atoms with Crippen LogP contribution in [-0.2, 0) is 6.54 Å². The first kappa shape index (κ1) is 17.2. The van der Waals surface area contributed by atoms with Crippen LogP contribution < -0.4 is 4.90 Å². The maximum absolute atomic E-state index is 4.87. The summed E-state index contributed by atoms with van der Waals surface area (Å²) in [6.07, 6.45) is 7.16. The fraction of sp³-hybridized carbons (Fsp3) is 0.524. The molecule has 5 nitrogen and oxygen atoms in total. The van der Waals surface area contributed by atoms with Crippen molar-refractivity contribution in [2.24, 2.45) is 0 Å². The number of piperidine rings is 1. The molecule has 6 heteroatoms. The average Bonchev–Trinajstić information content (AvgIpc) is 3.42. The lowest BCUT2D eigenvalue weighted by atomic mass is 9.97. The van der Waals surface area contributed by atoms with E-state index in [-0.39, 0.29) is 0 Å². The first-order valence-electron chi connectivity index (χ1n) is 10.1. The van der Waals surface area contributed by atoms with Crippen LogP contribution in [0.15, 0.2) is 29.8 Å². The van der Waals surface area contributed by atoms with Crippen molar-refractivity contribution < 1.29 is 0 Å². The number of likely N-dealkylation sites (tertiary alicyclic amines) is 1. The average molecular weight is 382 g/mol. The molecule has 142 valence electrons. The van der Waals surface area contributed by atoms with E-state index in [1.807, 2.05) is 15.9 Å². The van der Waals surface area contributed by atoms with Gasteiger partial charge in [0.05, 0.1) is 11.9 Å². The Kier molecular flexibility index (Phi) is 4.61. The molecule has 0 unspecified atom stereocenters. The van der Waals surface area contributed by atoms with E-state index in [0.717, 1.165) is 37.7 Å². The van der Waals surface area contributed by atoms with Gasteiger partial charge in [-0.15, -0.1) is 11.3 Å². The summed E-state index contributed by atoms with van der Waals surface area (Å²) in [5, 5.41) is 7.07. The third kappa shape index (κ3) is 3.48. The van der Waals surface area contributed by atoms with Gasteiger partial charge in [0.2, 0.25) is 0 Å². The molecule has 1 atom stereocenters. The summed E-state index contributed by atoms with van der Waals surface area (Å²) in [6, 6.07) is 6.55. The number of hydrogen-bond acceptors (Lipinski definition) is 5. The second-order valence-electron chi connectivity index (χ2n) is 7.96. The van der Waals surface area contributed by atoms with E-state index in [9.17, 15) is 0 Å². The van der Waals surface area contributed by atoms with Crippen LogP contribution in [0.2, 0.25) is 0 Å². The second kappa shape index (κ2) is 7.24. The summed E-state index contributed by atoms with van der Waals surface area (Å²) in [5.74, 6) is 1.45. The van der Waals surface area contributed by atoms with Gasteiger partial charge in [0, 0.05) is 37.0 Å². The van der Waals surface area contributed by atoms with Gasteiger partial charge in [0.15, 0.2) is 11.5 Å². The summed E-state index contributed by atoms with van der Waals surface area (Å²) in [6.45, 7) is 7.84. The van der Waals surface area contributed by atoms with Crippen LogP contribution in [0.25, 0.3) is 5.65 Å². The van der Waals surface area contributed by atoms with Crippen molar-refractivity contribution in [3.8, 4) is 0 Å². The Balaban J connectivity index is 1.34. The zero-order chi connectivity index (χ0) is 18.2. The Bertz CT molecular complexity index is 924. The zero-order valence-electron chi connectivity index (χ0n) is 16.0. The molecule has 3 aromatic heterocycles. The standard InChI is InChI=1S/C21H27N5S/c1-16-8-12-27-19(16)15-24-9-4-5-17(13-24)21-22-20-7-6-18(14-26(20)23-21)25-10-2-3-11-25/h6-8,12,14,17H,2-5,9-11,13,15H2,1H3/t17-/m1/s1. The molecule has 0 amide bonds. The fourth-order valence-corrected chi connectivity index (χ4v) is 5.35. The monoisotopic (exact) mass is 381 g/mol. The first-order chi connectivity index (χ1) is 13.3. The molecular formula is C21H27N5S. The molecule has 0 aliphatic carbocycles. The van der Waals surface area contributed by atoms with Gasteiger partial charge in [-0.3, -0.25) is 4.90 Å². The van der Waals surface area contributed by atoms with Crippen molar-refractivity contribution in [3.05, 3.63) is 46.0 Å². The SMILES string of the molecule is Cc1ccsc1CN1CCC[C@@H](c2nc3ccc(N4CCCC4)cn3n2)C1. The first-order valence-corrected chi connectivity index (χ1v) is 11.0.